The molecule has 31 heavy (non-hydrogen) atoms. The second-order valence-corrected chi connectivity index (χ2v) is 10.8. The molecule has 1 spiro atoms. The van der Waals surface area contributed by atoms with Crippen molar-refractivity contribution in [3.8, 4) is 0 Å². The van der Waals surface area contributed by atoms with E-state index in [-0.39, 0.29) is 42.3 Å². The molecule has 1 aliphatic carbocycles. The predicted molar refractivity (Wildman–Crippen MR) is 116 cm³/mol. The molecule has 0 aromatic carbocycles. The number of aliphatic hydroxyl groups excluding tert-OH is 1. The van der Waals surface area contributed by atoms with E-state index in [0.717, 1.165) is 25.7 Å². The van der Waals surface area contributed by atoms with Crippen molar-refractivity contribution in [3.05, 3.63) is 24.3 Å². The summed E-state index contributed by atoms with van der Waals surface area (Å²) in [4.78, 5) is 44.2. The van der Waals surface area contributed by atoms with Gasteiger partial charge in [0.2, 0.25) is 11.8 Å². The number of rotatable bonds is 3. The van der Waals surface area contributed by atoms with Gasteiger partial charge in [0.1, 0.15) is 12.6 Å². The maximum Gasteiger partial charge on any atom is 0.311 e. The van der Waals surface area contributed by atoms with Crippen molar-refractivity contribution in [1.29, 1.82) is 0 Å². The Morgan fingerprint density at radius 2 is 1.97 bits per heavy atom. The summed E-state index contributed by atoms with van der Waals surface area (Å²) in [6.07, 6.45) is 13.2. The fourth-order valence-corrected chi connectivity index (χ4v) is 8.20. The van der Waals surface area contributed by atoms with Gasteiger partial charge in [0, 0.05) is 17.8 Å². The highest BCUT2D eigenvalue weighted by Gasteiger charge is 2.71. The molecule has 4 aliphatic heterocycles. The summed E-state index contributed by atoms with van der Waals surface area (Å²) in [6.45, 7) is 2.28. The first-order valence-corrected chi connectivity index (χ1v) is 12.3. The van der Waals surface area contributed by atoms with Crippen molar-refractivity contribution >= 4 is 29.5 Å². The first-order valence-electron chi connectivity index (χ1n) is 11.4. The summed E-state index contributed by atoms with van der Waals surface area (Å²) in [7, 11) is 0. The van der Waals surface area contributed by atoms with Crippen LogP contribution in [0, 0.1) is 11.8 Å². The highest BCUT2D eigenvalue weighted by Crippen LogP contribution is 2.61. The SMILES string of the molecule is C[C@H](CO)N1C(=O)[C@@H]2[C@@H]3C(=O)OCC=C[C@@H]3S[C@@]23C=CCN(C2CCCCC2)C(=O)C13. The lowest BCUT2D eigenvalue weighted by Crippen LogP contribution is -2.57. The van der Waals surface area contributed by atoms with Crippen LogP contribution in [0.2, 0.25) is 0 Å². The number of hydrogen-bond acceptors (Lipinski definition) is 6. The topological polar surface area (TPSA) is 87.2 Å². The van der Waals surface area contributed by atoms with Crippen molar-refractivity contribution in [1.82, 2.24) is 9.80 Å². The summed E-state index contributed by atoms with van der Waals surface area (Å²) in [5.74, 6) is -1.92. The van der Waals surface area contributed by atoms with Crippen LogP contribution in [0.4, 0.5) is 0 Å². The molecule has 2 saturated heterocycles. The van der Waals surface area contributed by atoms with E-state index in [2.05, 4.69) is 0 Å². The quantitative estimate of drug-likeness (QED) is 0.522. The van der Waals surface area contributed by atoms with Gasteiger partial charge in [-0.3, -0.25) is 14.4 Å². The number of thioether (sulfide) groups is 1. The van der Waals surface area contributed by atoms with E-state index < -0.39 is 28.7 Å². The first-order chi connectivity index (χ1) is 15.0. The molecule has 6 atom stereocenters. The van der Waals surface area contributed by atoms with Gasteiger partial charge in [-0.05, 0) is 19.8 Å². The summed E-state index contributed by atoms with van der Waals surface area (Å²) in [6, 6.07) is -1.03. The van der Waals surface area contributed by atoms with Crippen molar-refractivity contribution in [2.24, 2.45) is 11.8 Å². The molecule has 3 fully saturated rings. The fourth-order valence-electron chi connectivity index (χ4n) is 6.21. The van der Waals surface area contributed by atoms with Gasteiger partial charge in [-0.2, -0.15) is 0 Å². The van der Waals surface area contributed by atoms with Crippen LogP contribution in [0.1, 0.15) is 39.0 Å². The normalized spacial score (nSPS) is 39.0. The highest BCUT2D eigenvalue weighted by atomic mass is 32.2. The van der Waals surface area contributed by atoms with Gasteiger partial charge in [0.25, 0.3) is 0 Å². The molecule has 8 heteroatoms. The monoisotopic (exact) mass is 446 g/mol. The molecule has 4 heterocycles. The van der Waals surface area contributed by atoms with E-state index in [9.17, 15) is 19.5 Å². The number of likely N-dealkylation sites (tertiary alicyclic amines) is 1. The lowest BCUT2D eigenvalue weighted by molar-refractivity contribution is -0.152. The van der Waals surface area contributed by atoms with Crippen LogP contribution in [-0.2, 0) is 19.1 Å². The fraction of sp³-hybridized carbons (Fsp3) is 0.696. The van der Waals surface area contributed by atoms with Gasteiger partial charge < -0.3 is 19.6 Å². The Morgan fingerprint density at radius 1 is 1.19 bits per heavy atom. The van der Waals surface area contributed by atoms with E-state index >= 15 is 0 Å². The van der Waals surface area contributed by atoms with Crippen LogP contribution in [0.3, 0.4) is 0 Å². The Kier molecular flexibility index (Phi) is 5.41. The number of cyclic esters (lactones) is 1. The first kappa shape index (κ1) is 21.1. The number of hydrogen-bond donors (Lipinski definition) is 1. The second-order valence-electron chi connectivity index (χ2n) is 9.36. The maximum atomic E-state index is 14.1. The second kappa shape index (κ2) is 7.96. The molecular weight excluding hydrogens is 416 g/mol. The molecule has 0 bridgehead atoms. The summed E-state index contributed by atoms with van der Waals surface area (Å²) >= 11 is 1.55. The smallest absolute Gasteiger partial charge is 0.311 e. The zero-order valence-electron chi connectivity index (χ0n) is 17.8. The molecule has 1 saturated carbocycles. The Hall–Kier alpha value is -1.80. The van der Waals surface area contributed by atoms with Gasteiger partial charge in [0.05, 0.1) is 29.2 Å². The van der Waals surface area contributed by atoms with E-state index in [1.807, 2.05) is 29.2 Å². The Bertz CT molecular complexity index is 838. The van der Waals surface area contributed by atoms with E-state index in [0.29, 0.717) is 6.54 Å². The van der Waals surface area contributed by atoms with Crippen LogP contribution in [-0.4, -0.2) is 80.6 Å². The lowest BCUT2D eigenvalue weighted by atomic mass is 9.78. The number of carbonyl (C=O) groups excluding carboxylic acids is 3. The Labute approximate surface area is 186 Å². The van der Waals surface area contributed by atoms with Gasteiger partial charge in [-0.1, -0.05) is 43.6 Å². The van der Waals surface area contributed by atoms with Crippen LogP contribution in [0.15, 0.2) is 24.3 Å². The molecule has 0 radical (unpaired) electrons. The van der Waals surface area contributed by atoms with Crippen LogP contribution >= 0.6 is 11.8 Å². The van der Waals surface area contributed by atoms with Crippen LogP contribution in [0.25, 0.3) is 0 Å². The van der Waals surface area contributed by atoms with Gasteiger partial charge in [0.15, 0.2) is 0 Å². The number of carbonyl (C=O) groups is 3. The van der Waals surface area contributed by atoms with Gasteiger partial charge in [-0.15, -0.1) is 11.8 Å². The number of ether oxygens (including phenoxy) is 1. The third-order valence-electron chi connectivity index (χ3n) is 7.64. The third-order valence-corrected chi connectivity index (χ3v) is 9.38. The van der Waals surface area contributed by atoms with Gasteiger partial charge in [-0.25, -0.2) is 0 Å². The van der Waals surface area contributed by atoms with Crippen molar-refractivity contribution in [3.63, 3.8) is 0 Å². The number of esters is 1. The average molecular weight is 447 g/mol. The van der Waals surface area contributed by atoms with Crippen molar-refractivity contribution in [2.45, 2.75) is 67.2 Å². The van der Waals surface area contributed by atoms with Crippen LogP contribution in [0.5, 0.6) is 0 Å². The maximum absolute atomic E-state index is 14.1. The average Bonchev–Trinajstić information content (AvgIpc) is 3.09. The molecule has 5 rings (SSSR count). The van der Waals surface area contributed by atoms with Crippen molar-refractivity contribution < 1.29 is 24.2 Å². The minimum Gasteiger partial charge on any atom is -0.461 e. The Balaban J connectivity index is 1.60. The summed E-state index contributed by atoms with van der Waals surface area (Å²) in [5.41, 5.74) is 0. The number of fused-ring (bicyclic) bond motifs is 2. The van der Waals surface area contributed by atoms with E-state index in [4.69, 9.17) is 4.74 Å². The molecule has 1 N–H and O–H groups in total. The van der Waals surface area contributed by atoms with E-state index in [1.54, 1.807) is 23.6 Å². The molecule has 0 aromatic heterocycles. The van der Waals surface area contributed by atoms with E-state index in [1.165, 1.54) is 6.42 Å². The predicted octanol–water partition coefficient (Wildman–Crippen LogP) is 1.51. The van der Waals surface area contributed by atoms with Crippen LogP contribution < -0.4 is 0 Å². The summed E-state index contributed by atoms with van der Waals surface area (Å²) < 4.78 is 4.55. The minimum atomic E-state index is -0.822. The Morgan fingerprint density at radius 3 is 2.71 bits per heavy atom. The largest absolute Gasteiger partial charge is 0.461 e. The highest BCUT2D eigenvalue weighted by molar-refractivity contribution is 8.02. The number of nitrogens with zero attached hydrogens (tertiary/aromatic N) is 2. The molecular formula is C23H30N2O5S. The number of amides is 2. The third kappa shape index (κ3) is 3.09. The van der Waals surface area contributed by atoms with Crippen molar-refractivity contribution in [2.75, 3.05) is 19.8 Å². The standard InChI is InChI=1S/C23H30N2O5S/c1-14(13-26)25-19-21(28)24(15-7-3-2-4-8-15)11-6-10-23(19)18(20(25)27)17-16(31-23)9-5-12-30-22(17)29/h5-6,9-10,14-19,26H,2-4,7-8,11-13H2,1H3/t14-,16+,17-,18+,19?,23+/m1/s1. The molecule has 0 aromatic rings. The zero-order valence-corrected chi connectivity index (χ0v) is 18.6. The van der Waals surface area contributed by atoms with Gasteiger partial charge >= 0.3 is 5.97 Å². The molecule has 168 valence electrons. The summed E-state index contributed by atoms with van der Waals surface area (Å²) in [5, 5.41) is 9.72. The molecule has 1 unspecified atom stereocenters. The molecule has 2 amide bonds. The number of aliphatic hydroxyl groups is 1. The molecule has 5 aliphatic rings. The zero-order chi connectivity index (χ0) is 21.8. The lowest BCUT2D eigenvalue weighted by Gasteiger charge is -2.40. The molecule has 7 nitrogen and oxygen atoms in total. The minimum absolute atomic E-state index is 0.0469.